The Hall–Kier alpha value is -0.460. The van der Waals surface area contributed by atoms with Gasteiger partial charge in [-0.1, -0.05) is 4.98 Å². The average molecular weight is 393 g/mol. The number of nitrogens with zero attached hydrogens (tertiary/aromatic N) is 2. The summed E-state index contributed by atoms with van der Waals surface area (Å²) in [7, 11) is 0. The van der Waals surface area contributed by atoms with E-state index < -0.39 is 0 Å². The first-order valence-corrected chi connectivity index (χ1v) is 7.18. The predicted octanol–water partition coefficient (Wildman–Crippen LogP) is -0.279. The Bertz CT molecular complexity index is 494. The monoisotopic (exact) mass is 391 g/mol. The van der Waals surface area contributed by atoms with Crippen molar-refractivity contribution in [1.82, 2.24) is 4.98 Å². The fourth-order valence-corrected chi connectivity index (χ4v) is 3.38. The number of thiophene rings is 1. The second-order valence-electron chi connectivity index (χ2n) is 3.95. The molecule has 0 amide bonds. The summed E-state index contributed by atoms with van der Waals surface area (Å²) in [6, 6.07) is 1.90. The number of aryl methyl sites for hydroxylation is 2. The lowest BCUT2D eigenvalue weighted by Gasteiger charge is -2.03. The lowest BCUT2D eigenvalue weighted by atomic mass is 10.1. The summed E-state index contributed by atoms with van der Waals surface area (Å²) in [5.41, 5.74) is 8.57. The number of nitrogens with two attached hydrogens (primary N) is 1. The molecule has 0 saturated carbocycles. The summed E-state index contributed by atoms with van der Waals surface area (Å²) in [4.78, 5) is 4.06. The van der Waals surface area contributed by atoms with Crippen molar-refractivity contribution in [3.63, 3.8) is 0 Å². The third-order valence-electron chi connectivity index (χ3n) is 2.73. The van der Waals surface area contributed by atoms with Crippen molar-refractivity contribution in [3.8, 4) is 0 Å². The van der Waals surface area contributed by atoms with Gasteiger partial charge in [-0.05, 0) is 52.2 Å². The molecule has 0 radical (unpaired) electrons. The summed E-state index contributed by atoms with van der Waals surface area (Å²) >= 11 is 5.35. The number of aromatic nitrogens is 2. The molecule has 6 heteroatoms. The lowest BCUT2D eigenvalue weighted by molar-refractivity contribution is -0.685. The number of hydrogen-bond acceptors (Lipinski definition) is 3. The summed E-state index contributed by atoms with van der Waals surface area (Å²) in [6.07, 6.45) is 5.82. The molecule has 2 heterocycles. The SMILES string of the molecule is Cc1csc(Br)c1CCC[n+]1cccnc1N.[Br-]. The topological polar surface area (TPSA) is 42.8 Å². The Morgan fingerprint density at radius 1 is 1.50 bits per heavy atom. The van der Waals surface area contributed by atoms with E-state index in [1.807, 2.05) is 16.8 Å². The van der Waals surface area contributed by atoms with Crippen LogP contribution in [0.15, 0.2) is 27.6 Å². The Balaban J connectivity index is 0.00000162. The maximum absolute atomic E-state index is 5.78. The zero-order valence-electron chi connectivity index (χ0n) is 10.1. The molecule has 0 bridgehead atoms. The molecule has 2 aromatic rings. The quantitative estimate of drug-likeness (QED) is 0.727. The van der Waals surface area contributed by atoms with Crippen LogP contribution in [0, 0.1) is 6.92 Å². The van der Waals surface area contributed by atoms with Crippen molar-refractivity contribution < 1.29 is 21.5 Å². The third-order valence-corrected chi connectivity index (χ3v) is 4.70. The van der Waals surface area contributed by atoms with Gasteiger partial charge in [0, 0.05) is 6.07 Å². The van der Waals surface area contributed by atoms with Crippen LogP contribution in [-0.4, -0.2) is 4.98 Å². The highest BCUT2D eigenvalue weighted by Gasteiger charge is 2.08. The van der Waals surface area contributed by atoms with Crippen LogP contribution in [0.2, 0.25) is 0 Å². The summed E-state index contributed by atoms with van der Waals surface area (Å²) < 4.78 is 3.23. The summed E-state index contributed by atoms with van der Waals surface area (Å²) in [5, 5.41) is 2.19. The first kappa shape index (κ1) is 15.6. The van der Waals surface area contributed by atoms with Crippen LogP contribution in [0.4, 0.5) is 5.95 Å². The van der Waals surface area contributed by atoms with Gasteiger partial charge < -0.3 is 17.0 Å². The summed E-state index contributed by atoms with van der Waals surface area (Å²) in [5.74, 6) is 0.577. The highest BCUT2D eigenvalue weighted by molar-refractivity contribution is 9.11. The van der Waals surface area contributed by atoms with Crippen molar-refractivity contribution in [2.45, 2.75) is 26.3 Å². The van der Waals surface area contributed by atoms with Crippen LogP contribution in [0.25, 0.3) is 0 Å². The van der Waals surface area contributed by atoms with Crippen LogP contribution >= 0.6 is 27.3 Å². The Morgan fingerprint density at radius 3 is 2.89 bits per heavy atom. The van der Waals surface area contributed by atoms with Crippen molar-refractivity contribution in [2.75, 3.05) is 5.73 Å². The number of nitrogen functional groups attached to an aromatic ring is 1. The lowest BCUT2D eigenvalue weighted by Crippen LogP contribution is -3.00. The standard InChI is InChI=1S/C12H14BrN3S.BrH/c1-9-8-17-11(13)10(9)4-2-6-16-7-3-5-15-12(16)14;/h3,5,7-8,14H,2,4,6H2,1H3;1H. The zero-order chi connectivity index (χ0) is 12.3. The van der Waals surface area contributed by atoms with Crippen LogP contribution in [-0.2, 0) is 13.0 Å². The molecule has 2 N–H and O–H groups in total. The normalized spacial score (nSPS) is 10.1. The second-order valence-corrected chi connectivity index (χ2v) is 6.14. The molecule has 0 unspecified atom stereocenters. The fraction of sp³-hybridized carbons (Fsp3) is 0.333. The zero-order valence-corrected chi connectivity index (χ0v) is 14.1. The van der Waals surface area contributed by atoms with Crippen molar-refractivity contribution in [2.24, 2.45) is 0 Å². The van der Waals surface area contributed by atoms with E-state index in [1.165, 1.54) is 14.9 Å². The number of hydrogen-bond donors (Lipinski definition) is 1. The molecule has 0 aromatic carbocycles. The molecule has 0 aliphatic rings. The molecule has 0 atom stereocenters. The van der Waals surface area contributed by atoms with Gasteiger partial charge in [0.2, 0.25) is 0 Å². The molecule has 18 heavy (non-hydrogen) atoms. The van der Waals surface area contributed by atoms with E-state index in [4.69, 9.17) is 5.73 Å². The molecule has 0 spiro atoms. The van der Waals surface area contributed by atoms with E-state index in [2.05, 4.69) is 33.2 Å². The Labute approximate surface area is 130 Å². The van der Waals surface area contributed by atoms with Crippen LogP contribution in [0.3, 0.4) is 0 Å². The van der Waals surface area contributed by atoms with Gasteiger partial charge in [0.05, 0.1) is 16.5 Å². The van der Waals surface area contributed by atoms with E-state index in [9.17, 15) is 0 Å². The smallest absolute Gasteiger partial charge is 0.389 e. The Morgan fingerprint density at radius 2 is 2.28 bits per heavy atom. The number of anilines is 1. The molecule has 0 aliphatic carbocycles. The van der Waals surface area contributed by atoms with E-state index in [-0.39, 0.29) is 17.0 Å². The minimum absolute atomic E-state index is 0. The van der Waals surface area contributed by atoms with Gasteiger partial charge in [0.1, 0.15) is 6.20 Å². The first-order chi connectivity index (χ1) is 8.18. The predicted molar refractivity (Wildman–Crippen MR) is 73.9 cm³/mol. The van der Waals surface area contributed by atoms with Gasteiger partial charge in [-0.15, -0.1) is 11.3 Å². The largest absolute Gasteiger partial charge is 1.00 e. The molecule has 2 aromatic heterocycles. The molecule has 2 rings (SSSR count). The maximum Gasteiger partial charge on any atom is 0.389 e. The van der Waals surface area contributed by atoms with Crippen LogP contribution < -0.4 is 27.3 Å². The van der Waals surface area contributed by atoms with Gasteiger partial charge >= 0.3 is 5.95 Å². The Kier molecular flexibility index (Phi) is 6.25. The minimum Gasteiger partial charge on any atom is -1.00 e. The second kappa shape index (κ2) is 7.21. The minimum atomic E-state index is 0. The molecule has 0 saturated heterocycles. The summed E-state index contributed by atoms with van der Waals surface area (Å²) in [6.45, 7) is 3.06. The molecule has 0 fully saturated rings. The number of halogens is 2. The van der Waals surface area contributed by atoms with Crippen molar-refractivity contribution in [3.05, 3.63) is 38.8 Å². The van der Waals surface area contributed by atoms with Crippen molar-refractivity contribution >= 4 is 33.2 Å². The van der Waals surface area contributed by atoms with E-state index >= 15 is 0 Å². The van der Waals surface area contributed by atoms with Gasteiger partial charge in [-0.3, -0.25) is 5.73 Å². The van der Waals surface area contributed by atoms with E-state index in [1.54, 1.807) is 17.5 Å². The van der Waals surface area contributed by atoms with Crippen molar-refractivity contribution in [1.29, 1.82) is 0 Å². The highest BCUT2D eigenvalue weighted by Crippen LogP contribution is 2.28. The van der Waals surface area contributed by atoms with Crippen LogP contribution in [0.1, 0.15) is 17.5 Å². The highest BCUT2D eigenvalue weighted by atomic mass is 79.9. The fourth-order valence-electron chi connectivity index (χ4n) is 1.76. The molecule has 98 valence electrons. The van der Waals surface area contributed by atoms with Gasteiger partial charge in [0.15, 0.2) is 0 Å². The molecular weight excluding hydrogens is 378 g/mol. The first-order valence-electron chi connectivity index (χ1n) is 5.51. The van der Waals surface area contributed by atoms with E-state index in [0.29, 0.717) is 5.95 Å². The van der Waals surface area contributed by atoms with Crippen LogP contribution in [0.5, 0.6) is 0 Å². The average Bonchev–Trinajstić information content (AvgIpc) is 2.63. The maximum atomic E-state index is 5.78. The molecule has 0 aliphatic heterocycles. The van der Waals surface area contributed by atoms with Gasteiger partial charge in [-0.2, -0.15) is 0 Å². The third kappa shape index (κ3) is 3.76. The number of rotatable bonds is 4. The molecule has 3 nitrogen and oxygen atoms in total. The molecular formula is C12H15Br2N3S. The van der Waals surface area contributed by atoms with Gasteiger partial charge in [-0.25, -0.2) is 4.57 Å². The van der Waals surface area contributed by atoms with E-state index in [0.717, 1.165) is 19.4 Å². The van der Waals surface area contributed by atoms with Gasteiger partial charge in [0.25, 0.3) is 0 Å².